The van der Waals surface area contributed by atoms with Crippen LogP contribution in [0.4, 0.5) is 11.8 Å². The van der Waals surface area contributed by atoms with Gasteiger partial charge in [0, 0.05) is 18.0 Å². The highest BCUT2D eigenvalue weighted by atomic mass is 16.6. The van der Waals surface area contributed by atoms with Gasteiger partial charge in [-0.1, -0.05) is 13.8 Å². The van der Waals surface area contributed by atoms with E-state index in [1.54, 1.807) is 0 Å². The number of esters is 1. The largest absolute Gasteiger partial charge is 0.458 e. The number of ether oxygens (including phenoxy) is 3. The Morgan fingerprint density at radius 3 is 2.20 bits per heavy atom. The first-order valence-electron chi connectivity index (χ1n) is 20.8. The van der Waals surface area contributed by atoms with Crippen LogP contribution in [0, 0.1) is 34.0 Å². The van der Waals surface area contributed by atoms with E-state index in [4.69, 9.17) is 36.5 Å². The average Bonchev–Trinajstić information content (AvgIpc) is 3.90. The van der Waals surface area contributed by atoms with Crippen molar-refractivity contribution < 1.29 is 59.9 Å². The summed E-state index contributed by atoms with van der Waals surface area (Å²) in [5.74, 6) is 0.478. The SMILES string of the molecule is C[C@@]1(CO)[C@H](O)CC[C@@]2(C)[C@H]1CC[C@H]1C[C@@H]3C[C@@]12CC[C@]3(O)CO.NCC(=O)O[C@H]1C[C@H](n2cnc(N)nc2=O)O[C@@H]1CO.Nc1ccn([C@@H]2O[C@H](CO)[C@@H](O)[C@@H]2O)c(=O)n1. The van der Waals surface area contributed by atoms with Crippen LogP contribution >= 0.6 is 0 Å². The molecule has 0 unspecified atom stereocenters. The molecule has 6 fully saturated rings. The van der Waals surface area contributed by atoms with Crippen LogP contribution in [0.2, 0.25) is 0 Å². The zero-order valence-corrected chi connectivity index (χ0v) is 34.5. The highest BCUT2D eigenvalue weighted by Crippen LogP contribution is 2.75. The summed E-state index contributed by atoms with van der Waals surface area (Å²) in [6.45, 7) is 3.35. The number of nitrogens with zero attached hydrogens (tertiary/aromatic N) is 5. The summed E-state index contributed by atoms with van der Waals surface area (Å²) in [5.41, 5.74) is 13.5. The molecule has 2 aromatic heterocycles. The van der Waals surface area contributed by atoms with Gasteiger partial charge in [-0.25, -0.2) is 14.6 Å². The molecule has 61 heavy (non-hydrogen) atoms. The lowest BCUT2D eigenvalue weighted by atomic mass is 9.39. The van der Waals surface area contributed by atoms with E-state index < -0.39 is 84.1 Å². The second-order valence-electron chi connectivity index (χ2n) is 18.0. The van der Waals surface area contributed by atoms with Crippen molar-refractivity contribution in [2.45, 2.75) is 126 Å². The van der Waals surface area contributed by atoms with Gasteiger partial charge in [-0.2, -0.15) is 9.97 Å². The van der Waals surface area contributed by atoms with Crippen molar-refractivity contribution in [1.29, 1.82) is 0 Å². The fourth-order valence-corrected chi connectivity index (χ4v) is 11.6. The maximum atomic E-state index is 11.7. The second kappa shape index (κ2) is 18.2. The molecule has 0 aromatic carbocycles. The fraction of sp³-hybridized carbons (Fsp3) is 0.795. The van der Waals surface area contributed by atoms with E-state index in [0.29, 0.717) is 18.3 Å². The van der Waals surface area contributed by atoms with E-state index in [9.17, 15) is 50.1 Å². The number of anilines is 2. The molecule has 4 aliphatic carbocycles. The van der Waals surface area contributed by atoms with Gasteiger partial charge >= 0.3 is 17.3 Å². The van der Waals surface area contributed by atoms with E-state index in [0.717, 1.165) is 54.1 Å². The molecule has 4 heterocycles. The fourth-order valence-electron chi connectivity index (χ4n) is 11.6. The van der Waals surface area contributed by atoms with Crippen molar-refractivity contribution in [3.05, 3.63) is 39.6 Å². The van der Waals surface area contributed by atoms with Crippen LogP contribution in [-0.2, 0) is 19.0 Å². The maximum absolute atomic E-state index is 11.7. The van der Waals surface area contributed by atoms with Crippen LogP contribution in [0.1, 0.15) is 84.1 Å². The molecule has 8 rings (SSSR count). The monoisotopic (exact) mass is 866 g/mol. The summed E-state index contributed by atoms with van der Waals surface area (Å²) in [7, 11) is 0. The topological polar surface area (TPSA) is 367 Å². The molecule has 6 aliphatic rings. The number of rotatable bonds is 8. The number of hydrogen-bond donors (Lipinski definition) is 11. The molecule has 22 heteroatoms. The molecular weight excluding hydrogens is 804 g/mol. The van der Waals surface area contributed by atoms with E-state index in [1.807, 2.05) is 0 Å². The zero-order valence-electron chi connectivity index (χ0n) is 34.5. The van der Waals surface area contributed by atoms with Crippen molar-refractivity contribution in [1.82, 2.24) is 24.1 Å². The van der Waals surface area contributed by atoms with Gasteiger partial charge < -0.3 is 72.3 Å². The van der Waals surface area contributed by atoms with Crippen molar-refractivity contribution in [3.8, 4) is 0 Å². The van der Waals surface area contributed by atoms with Gasteiger partial charge in [0.15, 0.2) is 6.23 Å². The average molecular weight is 867 g/mol. The number of aliphatic hydroxyl groups is 8. The molecule has 22 nitrogen and oxygen atoms in total. The minimum atomic E-state index is -1.31. The summed E-state index contributed by atoms with van der Waals surface area (Å²) in [5, 5.41) is 78.7. The minimum absolute atomic E-state index is 0.0537. The highest BCUT2D eigenvalue weighted by Gasteiger charge is 2.70. The molecule has 0 amide bonds. The van der Waals surface area contributed by atoms with Gasteiger partial charge in [-0.15, -0.1) is 0 Å². The van der Waals surface area contributed by atoms with E-state index in [1.165, 1.54) is 18.6 Å². The number of aliphatic hydroxyl groups excluding tert-OH is 7. The third kappa shape index (κ3) is 8.44. The van der Waals surface area contributed by atoms with E-state index >= 15 is 0 Å². The van der Waals surface area contributed by atoms with Crippen LogP contribution in [0.3, 0.4) is 0 Å². The highest BCUT2D eigenvalue weighted by molar-refractivity contribution is 5.71. The standard InChI is InChI=1S/C20H34O4.C10H15N5O5.C9H13N3O5/c1-17(11-21)15-4-3-13-9-14-10-19(13,7-8-20(14,24)12-22)18(15,2)6-5-16(17)23;11-2-8(17)20-5-1-7(19-6(5)3-16)15-4-13-9(12)14-10(15)18;10-5-1-2-12(9(16)11-5)8-7(15)6(14)4(3-13)17-8/h13-16,21-24H,3-12H2,1-2H3;4-7,16H,1-3,11H2,(H2,12,14,18);1-2,4,6-8,13-15H,3H2,(H2,10,11,16)/t13-,14+,15-,16+,17-,18-,19-,20-;5-,6+,7+;4-,6-,7+,8-/m001/s1. The summed E-state index contributed by atoms with van der Waals surface area (Å²) in [4.78, 5) is 45.0. The van der Waals surface area contributed by atoms with Crippen molar-refractivity contribution in [2.75, 3.05) is 44.4 Å². The first kappa shape index (κ1) is 46.8. The molecule has 15 atom stereocenters. The molecule has 2 bridgehead atoms. The first-order chi connectivity index (χ1) is 28.8. The quantitative estimate of drug-likeness (QED) is 0.117. The molecule has 2 aromatic rings. The first-order valence-corrected chi connectivity index (χ1v) is 20.8. The Hall–Kier alpha value is -3.68. The third-order valence-corrected chi connectivity index (χ3v) is 15.1. The van der Waals surface area contributed by atoms with Crippen molar-refractivity contribution in [2.24, 2.45) is 39.7 Å². The summed E-state index contributed by atoms with van der Waals surface area (Å²) in [6.07, 6.45) is 3.27. The Balaban J connectivity index is 0.000000156. The number of aromatic nitrogens is 5. The Morgan fingerprint density at radius 2 is 1.59 bits per heavy atom. The van der Waals surface area contributed by atoms with Crippen molar-refractivity contribution >= 4 is 17.7 Å². The number of fused-ring (bicyclic) bond motifs is 2. The summed E-state index contributed by atoms with van der Waals surface area (Å²) in [6, 6.07) is 1.37. The molecule has 4 saturated carbocycles. The number of carbonyl (C=O) groups is 1. The predicted octanol–water partition coefficient (Wildman–Crippen LogP) is -3.11. The molecule has 14 N–H and O–H groups in total. The lowest BCUT2D eigenvalue weighted by molar-refractivity contribution is -0.216. The van der Waals surface area contributed by atoms with Crippen LogP contribution in [0.15, 0.2) is 28.2 Å². The molecule has 342 valence electrons. The smallest absolute Gasteiger partial charge is 0.354 e. The maximum Gasteiger partial charge on any atom is 0.354 e. The number of carbonyl (C=O) groups excluding carboxylic acids is 1. The zero-order chi connectivity index (χ0) is 44.7. The van der Waals surface area contributed by atoms with Crippen LogP contribution in [0.5, 0.6) is 0 Å². The van der Waals surface area contributed by atoms with Gasteiger partial charge in [0.2, 0.25) is 5.95 Å². The van der Waals surface area contributed by atoms with Crippen molar-refractivity contribution in [3.63, 3.8) is 0 Å². The summed E-state index contributed by atoms with van der Waals surface area (Å²) < 4.78 is 17.8. The third-order valence-electron chi connectivity index (χ3n) is 15.1. The molecule has 2 aliphatic heterocycles. The second-order valence-corrected chi connectivity index (χ2v) is 18.0. The Labute approximate surface area is 351 Å². The van der Waals surface area contributed by atoms with Gasteiger partial charge in [0.1, 0.15) is 48.9 Å². The van der Waals surface area contributed by atoms with Gasteiger partial charge in [-0.05, 0) is 86.0 Å². The molecular formula is C39H62N8O14. The molecule has 2 saturated heterocycles. The minimum Gasteiger partial charge on any atom is -0.458 e. The number of hydrogen-bond acceptors (Lipinski definition) is 20. The van der Waals surface area contributed by atoms with Gasteiger partial charge in [0.05, 0.1) is 44.7 Å². The van der Waals surface area contributed by atoms with Gasteiger partial charge in [-0.3, -0.25) is 13.9 Å². The number of nitrogens with two attached hydrogens (primary N) is 3. The van der Waals surface area contributed by atoms with Crippen LogP contribution < -0.4 is 28.6 Å². The lowest BCUT2D eigenvalue weighted by Crippen LogP contribution is -2.63. The van der Waals surface area contributed by atoms with E-state index in [2.05, 4.69) is 28.8 Å². The van der Waals surface area contributed by atoms with Crippen LogP contribution in [0.25, 0.3) is 0 Å². The molecule has 1 spiro atoms. The van der Waals surface area contributed by atoms with E-state index in [-0.39, 0.29) is 61.3 Å². The Bertz CT molecular complexity index is 1980. The summed E-state index contributed by atoms with van der Waals surface area (Å²) >= 11 is 0. The predicted molar refractivity (Wildman–Crippen MR) is 212 cm³/mol. The van der Waals surface area contributed by atoms with Crippen LogP contribution in [-0.4, -0.2) is 146 Å². The Kier molecular flexibility index (Phi) is 14.0. The Morgan fingerprint density at radius 1 is 0.885 bits per heavy atom. The molecule has 0 radical (unpaired) electrons. The van der Waals surface area contributed by atoms with Gasteiger partial charge in [0.25, 0.3) is 0 Å². The lowest BCUT2D eigenvalue weighted by Gasteiger charge is -2.66. The number of nitrogen functional groups attached to an aromatic ring is 2. The normalized spacial score (nSPS) is 41.1.